The van der Waals surface area contributed by atoms with Crippen molar-refractivity contribution in [2.45, 2.75) is 20.3 Å². The Morgan fingerprint density at radius 1 is 1.55 bits per heavy atom. The number of carbonyl (C=O) groups excluding carboxylic acids is 3. The monoisotopic (exact) mass is 155 g/mol. The molecule has 0 aromatic heterocycles. The van der Waals surface area contributed by atoms with Crippen LogP contribution in [0.1, 0.15) is 20.3 Å². The lowest BCUT2D eigenvalue weighted by Crippen LogP contribution is -2.34. The zero-order valence-electron chi connectivity index (χ0n) is 6.46. The van der Waals surface area contributed by atoms with Crippen LogP contribution in [-0.4, -0.2) is 22.6 Å². The second-order valence-electron chi connectivity index (χ2n) is 2.69. The van der Waals surface area contributed by atoms with E-state index < -0.39 is 5.91 Å². The number of hydrogen-bond acceptors (Lipinski definition) is 3. The van der Waals surface area contributed by atoms with Crippen molar-refractivity contribution < 1.29 is 14.4 Å². The van der Waals surface area contributed by atoms with Gasteiger partial charge in [0.05, 0.1) is 0 Å². The highest BCUT2D eigenvalue weighted by atomic mass is 16.2. The fraction of sp³-hybridized carbons (Fsp3) is 0.571. The molecule has 0 N–H and O–H groups in total. The smallest absolute Gasteiger partial charge is 0.239 e. The zero-order chi connectivity index (χ0) is 8.59. The van der Waals surface area contributed by atoms with Gasteiger partial charge in [0.1, 0.15) is 0 Å². The predicted molar refractivity (Wildman–Crippen MR) is 36.3 cm³/mol. The molecule has 0 radical (unpaired) electrons. The molecule has 0 spiro atoms. The van der Waals surface area contributed by atoms with Gasteiger partial charge in [-0.05, 0) is 0 Å². The van der Waals surface area contributed by atoms with Gasteiger partial charge < -0.3 is 0 Å². The first-order valence-electron chi connectivity index (χ1n) is 3.41. The zero-order valence-corrected chi connectivity index (χ0v) is 6.46. The van der Waals surface area contributed by atoms with Gasteiger partial charge in [0.15, 0.2) is 0 Å². The summed E-state index contributed by atoms with van der Waals surface area (Å²) in [6.45, 7) is 2.86. The summed E-state index contributed by atoms with van der Waals surface area (Å²) in [5, 5.41) is 0. The molecule has 1 saturated heterocycles. The van der Waals surface area contributed by atoms with E-state index in [0.717, 1.165) is 0 Å². The lowest BCUT2D eigenvalue weighted by Gasteiger charge is -2.07. The molecular weight excluding hydrogens is 146 g/mol. The maximum Gasteiger partial charge on any atom is 0.239 e. The second-order valence-corrected chi connectivity index (χ2v) is 2.69. The van der Waals surface area contributed by atoms with Crippen LogP contribution in [0.15, 0.2) is 0 Å². The van der Waals surface area contributed by atoms with E-state index in [1.807, 2.05) is 0 Å². The van der Waals surface area contributed by atoms with E-state index in [9.17, 15) is 14.4 Å². The number of carbonyl (C=O) groups is 3. The predicted octanol–water partition coefficient (Wildman–Crippen LogP) is -0.0721. The molecule has 0 saturated carbocycles. The summed E-state index contributed by atoms with van der Waals surface area (Å²) in [6, 6.07) is 0. The van der Waals surface area contributed by atoms with E-state index in [1.54, 1.807) is 6.92 Å². The molecular formula is C7H9NO3. The summed E-state index contributed by atoms with van der Waals surface area (Å²) >= 11 is 0. The summed E-state index contributed by atoms with van der Waals surface area (Å²) in [6.07, 6.45) is 0.165. The fourth-order valence-corrected chi connectivity index (χ4v) is 1.11. The normalized spacial score (nSPS) is 24.5. The average molecular weight is 155 g/mol. The molecule has 1 atom stereocenters. The SMILES string of the molecule is CC(=O)N1C(=O)CC(C)C1=O. The summed E-state index contributed by atoms with van der Waals surface area (Å²) in [5.41, 5.74) is 0. The average Bonchev–Trinajstić information content (AvgIpc) is 2.07. The standard InChI is InChI=1S/C7H9NO3/c1-4-3-6(10)8(5(2)9)7(4)11/h4H,3H2,1-2H3. The Kier molecular flexibility index (Phi) is 1.76. The maximum atomic E-state index is 11.0. The first kappa shape index (κ1) is 7.91. The van der Waals surface area contributed by atoms with Crippen molar-refractivity contribution in [3.63, 3.8) is 0 Å². The van der Waals surface area contributed by atoms with Crippen LogP contribution in [0.5, 0.6) is 0 Å². The van der Waals surface area contributed by atoms with Gasteiger partial charge in [-0.1, -0.05) is 6.92 Å². The molecule has 4 heteroatoms. The summed E-state index contributed by atoms with van der Waals surface area (Å²) in [7, 11) is 0. The van der Waals surface area contributed by atoms with Gasteiger partial charge in [-0.25, -0.2) is 4.90 Å². The van der Waals surface area contributed by atoms with Gasteiger partial charge in [0.25, 0.3) is 0 Å². The van der Waals surface area contributed by atoms with Gasteiger partial charge in [-0.3, -0.25) is 14.4 Å². The molecule has 0 aliphatic carbocycles. The third kappa shape index (κ3) is 1.15. The number of hydrogen-bond donors (Lipinski definition) is 0. The Balaban J connectivity index is 2.88. The third-order valence-electron chi connectivity index (χ3n) is 1.69. The van der Waals surface area contributed by atoms with Crippen LogP contribution in [0.4, 0.5) is 0 Å². The molecule has 3 amide bonds. The van der Waals surface area contributed by atoms with Crippen molar-refractivity contribution in [3.8, 4) is 0 Å². The molecule has 0 aromatic rings. The topological polar surface area (TPSA) is 54.5 Å². The lowest BCUT2D eigenvalue weighted by atomic mass is 10.1. The van der Waals surface area contributed by atoms with E-state index in [0.29, 0.717) is 4.90 Å². The first-order chi connectivity index (χ1) is 5.04. The molecule has 4 nitrogen and oxygen atoms in total. The van der Waals surface area contributed by atoms with E-state index >= 15 is 0 Å². The van der Waals surface area contributed by atoms with Crippen molar-refractivity contribution in [1.29, 1.82) is 0 Å². The molecule has 1 rings (SSSR count). The summed E-state index contributed by atoms with van der Waals surface area (Å²) in [4.78, 5) is 33.4. The first-order valence-corrected chi connectivity index (χ1v) is 3.41. The van der Waals surface area contributed by atoms with Crippen molar-refractivity contribution in [3.05, 3.63) is 0 Å². The highest BCUT2D eigenvalue weighted by Crippen LogP contribution is 2.18. The largest absolute Gasteiger partial charge is 0.274 e. The van der Waals surface area contributed by atoms with Crippen molar-refractivity contribution in [1.82, 2.24) is 4.90 Å². The Hall–Kier alpha value is -1.19. The van der Waals surface area contributed by atoms with Gasteiger partial charge >= 0.3 is 0 Å². The molecule has 0 bridgehead atoms. The van der Waals surface area contributed by atoms with Crippen molar-refractivity contribution in [2.24, 2.45) is 5.92 Å². The highest BCUT2D eigenvalue weighted by Gasteiger charge is 2.37. The molecule has 60 valence electrons. The minimum absolute atomic E-state index is 0.165. The molecule has 1 fully saturated rings. The van der Waals surface area contributed by atoms with Crippen LogP contribution in [0.2, 0.25) is 0 Å². The summed E-state index contributed by atoms with van der Waals surface area (Å²) in [5.74, 6) is -1.56. The fourth-order valence-electron chi connectivity index (χ4n) is 1.11. The minimum atomic E-state index is -0.482. The number of imide groups is 3. The number of amides is 3. The third-order valence-corrected chi connectivity index (χ3v) is 1.69. The number of rotatable bonds is 0. The number of nitrogens with zero attached hydrogens (tertiary/aromatic N) is 1. The lowest BCUT2D eigenvalue weighted by molar-refractivity contribution is -0.148. The van der Waals surface area contributed by atoms with Crippen LogP contribution in [0, 0.1) is 5.92 Å². The molecule has 11 heavy (non-hydrogen) atoms. The van der Waals surface area contributed by atoms with E-state index in [-0.39, 0.29) is 24.2 Å². The van der Waals surface area contributed by atoms with Crippen LogP contribution in [-0.2, 0) is 14.4 Å². The molecule has 0 aromatic carbocycles. The Labute approximate surface area is 64.2 Å². The Bertz CT molecular complexity index is 234. The van der Waals surface area contributed by atoms with Crippen molar-refractivity contribution >= 4 is 17.7 Å². The molecule has 1 aliphatic heterocycles. The quantitative estimate of drug-likeness (QED) is 0.460. The maximum absolute atomic E-state index is 11.0. The van der Waals surface area contributed by atoms with Crippen LogP contribution in [0.3, 0.4) is 0 Å². The molecule has 1 unspecified atom stereocenters. The Morgan fingerprint density at radius 3 is 2.27 bits per heavy atom. The molecule has 1 aliphatic rings. The van der Waals surface area contributed by atoms with Crippen LogP contribution >= 0.6 is 0 Å². The van der Waals surface area contributed by atoms with Crippen LogP contribution in [0.25, 0.3) is 0 Å². The van der Waals surface area contributed by atoms with E-state index in [4.69, 9.17) is 0 Å². The van der Waals surface area contributed by atoms with Crippen molar-refractivity contribution in [2.75, 3.05) is 0 Å². The van der Waals surface area contributed by atoms with E-state index in [2.05, 4.69) is 0 Å². The van der Waals surface area contributed by atoms with Gasteiger partial charge in [0, 0.05) is 19.3 Å². The summed E-state index contributed by atoms with van der Waals surface area (Å²) < 4.78 is 0. The Morgan fingerprint density at radius 2 is 2.09 bits per heavy atom. The second kappa shape index (κ2) is 2.45. The minimum Gasteiger partial charge on any atom is -0.274 e. The van der Waals surface area contributed by atoms with Gasteiger partial charge in [0.2, 0.25) is 17.7 Å². The van der Waals surface area contributed by atoms with Crippen LogP contribution < -0.4 is 0 Å². The highest BCUT2D eigenvalue weighted by molar-refractivity contribution is 6.15. The molecule has 1 heterocycles. The van der Waals surface area contributed by atoms with Gasteiger partial charge in [-0.15, -0.1) is 0 Å². The van der Waals surface area contributed by atoms with Gasteiger partial charge in [-0.2, -0.15) is 0 Å². The van der Waals surface area contributed by atoms with E-state index in [1.165, 1.54) is 6.92 Å². The number of likely N-dealkylation sites (tertiary alicyclic amines) is 1.